The van der Waals surface area contributed by atoms with Crippen molar-refractivity contribution in [3.8, 4) is 0 Å². The Hall–Kier alpha value is -0.890. The van der Waals surface area contributed by atoms with Crippen LogP contribution in [0.5, 0.6) is 0 Å². The molecule has 1 nitrogen and oxygen atoms in total. The van der Waals surface area contributed by atoms with E-state index < -0.39 is 0 Å². The molecule has 0 aliphatic heterocycles. The normalized spacial score (nSPS) is 11.0. The van der Waals surface area contributed by atoms with Gasteiger partial charge in [0.25, 0.3) is 0 Å². The molecular weight excluding hydrogens is 189 g/mol. The molecule has 0 aliphatic carbocycles. The van der Waals surface area contributed by atoms with Gasteiger partial charge in [0.15, 0.2) is 0 Å². The average Bonchev–Trinajstić information content (AvgIpc) is 2.17. The van der Waals surface area contributed by atoms with E-state index >= 15 is 0 Å². The molecule has 15 heavy (non-hydrogen) atoms. The summed E-state index contributed by atoms with van der Waals surface area (Å²) in [5, 5.41) is 3.36. The topological polar surface area (TPSA) is 12.0 Å². The maximum atomic E-state index is 13.0. The molecule has 1 N–H and O–H groups in total. The molecule has 0 aromatic heterocycles. The Morgan fingerprint density at radius 2 is 2.07 bits per heavy atom. The number of rotatable bonds is 5. The molecule has 0 spiro atoms. The van der Waals surface area contributed by atoms with Crippen LogP contribution in [0.3, 0.4) is 0 Å². The first-order valence-corrected chi connectivity index (χ1v) is 5.55. The largest absolute Gasteiger partial charge is 0.316 e. The Kier molecular flexibility index (Phi) is 4.76. The van der Waals surface area contributed by atoms with E-state index in [1.807, 2.05) is 13.0 Å². The first-order chi connectivity index (χ1) is 7.09. The summed E-state index contributed by atoms with van der Waals surface area (Å²) in [6, 6.07) is 4.99. The summed E-state index contributed by atoms with van der Waals surface area (Å²) in [6.07, 6.45) is 0.899. The van der Waals surface area contributed by atoms with Crippen molar-refractivity contribution in [3.05, 3.63) is 35.1 Å². The zero-order valence-electron chi connectivity index (χ0n) is 9.81. The van der Waals surface area contributed by atoms with Gasteiger partial charge in [0, 0.05) is 0 Å². The third-order valence-electron chi connectivity index (χ3n) is 2.43. The van der Waals surface area contributed by atoms with Gasteiger partial charge in [0.05, 0.1) is 0 Å². The van der Waals surface area contributed by atoms with Crippen LogP contribution in [0.25, 0.3) is 0 Å². The van der Waals surface area contributed by atoms with Crippen LogP contribution >= 0.6 is 0 Å². The molecule has 1 rings (SSSR count). The SMILES string of the molecule is Cc1ccc(F)cc1CCNCC(C)C. The van der Waals surface area contributed by atoms with E-state index in [-0.39, 0.29) is 5.82 Å². The van der Waals surface area contributed by atoms with Crippen LogP contribution in [0.1, 0.15) is 25.0 Å². The molecule has 0 saturated heterocycles. The zero-order valence-corrected chi connectivity index (χ0v) is 9.81. The number of hydrogen-bond donors (Lipinski definition) is 1. The molecular formula is C13H20FN. The lowest BCUT2D eigenvalue weighted by Gasteiger charge is -2.09. The number of aryl methyl sites for hydroxylation is 1. The van der Waals surface area contributed by atoms with Crippen LogP contribution < -0.4 is 5.32 Å². The molecule has 0 heterocycles. The van der Waals surface area contributed by atoms with Gasteiger partial charge in [-0.25, -0.2) is 4.39 Å². The van der Waals surface area contributed by atoms with E-state index in [0.717, 1.165) is 25.1 Å². The Bertz CT molecular complexity index is 307. The maximum absolute atomic E-state index is 13.0. The third kappa shape index (κ3) is 4.43. The molecule has 0 atom stereocenters. The molecule has 1 aromatic rings. The predicted molar refractivity (Wildman–Crippen MR) is 62.5 cm³/mol. The van der Waals surface area contributed by atoms with Crippen LogP contribution in [-0.2, 0) is 6.42 Å². The van der Waals surface area contributed by atoms with E-state index in [0.29, 0.717) is 5.92 Å². The second-order valence-corrected chi connectivity index (χ2v) is 4.42. The first kappa shape index (κ1) is 12.2. The summed E-state index contributed by atoms with van der Waals surface area (Å²) in [5.41, 5.74) is 2.27. The van der Waals surface area contributed by atoms with Crippen LogP contribution in [0.15, 0.2) is 18.2 Å². The summed E-state index contributed by atoms with van der Waals surface area (Å²) in [5.74, 6) is 0.526. The van der Waals surface area contributed by atoms with E-state index in [4.69, 9.17) is 0 Å². The minimum atomic E-state index is -0.139. The Morgan fingerprint density at radius 3 is 2.73 bits per heavy atom. The van der Waals surface area contributed by atoms with Gasteiger partial charge in [-0.1, -0.05) is 19.9 Å². The van der Waals surface area contributed by atoms with Crippen molar-refractivity contribution in [1.29, 1.82) is 0 Å². The fraction of sp³-hybridized carbons (Fsp3) is 0.538. The highest BCUT2D eigenvalue weighted by Crippen LogP contribution is 2.10. The number of hydrogen-bond acceptors (Lipinski definition) is 1. The molecule has 0 aliphatic rings. The van der Waals surface area contributed by atoms with E-state index in [1.165, 1.54) is 11.6 Å². The van der Waals surface area contributed by atoms with Crippen LogP contribution in [0.2, 0.25) is 0 Å². The number of halogens is 1. The van der Waals surface area contributed by atoms with Crippen molar-refractivity contribution in [2.75, 3.05) is 13.1 Å². The van der Waals surface area contributed by atoms with Crippen molar-refractivity contribution in [3.63, 3.8) is 0 Å². The molecule has 1 aromatic carbocycles. The van der Waals surface area contributed by atoms with E-state index in [9.17, 15) is 4.39 Å². The number of nitrogens with one attached hydrogen (secondary N) is 1. The minimum Gasteiger partial charge on any atom is -0.316 e. The van der Waals surface area contributed by atoms with Crippen LogP contribution in [-0.4, -0.2) is 13.1 Å². The number of benzene rings is 1. The summed E-state index contributed by atoms with van der Waals surface area (Å²) in [4.78, 5) is 0. The second kappa shape index (κ2) is 5.86. The van der Waals surface area contributed by atoms with Gasteiger partial charge in [-0.05, 0) is 55.6 Å². The molecule has 0 radical (unpaired) electrons. The van der Waals surface area contributed by atoms with E-state index in [1.54, 1.807) is 6.07 Å². The molecule has 0 unspecified atom stereocenters. The summed E-state index contributed by atoms with van der Waals surface area (Å²) < 4.78 is 13.0. The first-order valence-electron chi connectivity index (χ1n) is 5.55. The smallest absolute Gasteiger partial charge is 0.123 e. The highest BCUT2D eigenvalue weighted by molar-refractivity contribution is 5.26. The second-order valence-electron chi connectivity index (χ2n) is 4.42. The summed E-state index contributed by atoms with van der Waals surface area (Å²) in [6.45, 7) is 8.33. The Balaban J connectivity index is 2.40. The zero-order chi connectivity index (χ0) is 11.3. The predicted octanol–water partition coefficient (Wildman–Crippen LogP) is 2.92. The van der Waals surface area contributed by atoms with Gasteiger partial charge in [-0.15, -0.1) is 0 Å². The molecule has 0 saturated carbocycles. The van der Waals surface area contributed by atoms with Crippen molar-refractivity contribution in [1.82, 2.24) is 5.32 Å². The van der Waals surface area contributed by atoms with Gasteiger partial charge in [-0.2, -0.15) is 0 Å². The van der Waals surface area contributed by atoms with Gasteiger partial charge in [-0.3, -0.25) is 0 Å². The molecule has 0 amide bonds. The van der Waals surface area contributed by atoms with Gasteiger partial charge in [0.1, 0.15) is 5.82 Å². The molecule has 84 valence electrons. The molecule has 0 bridgehead atoms. The highest BCUT2D eigenvalue weighted by atomic mass is 19.1. The third-order valence-corrected chi connectivity index (χ3v) is 2.43. The average molecular weight is 209 g/mol. The highest BCUT2D eigenvalue weighted by Gasteiger charge is 2.00. The van der Waals surface area contributed by atoms with Crippen molar-refractivity contribution >= 4 is 0 Å². The summed E-state index contributed by atoms with van der Waals surface area (Å²) >= 11 is 0. The van der Waals surface area contributed by atoms with Gasteiger partial charge < -0.3 is 5.32 Å². The lowest BCUT2D eigenvalue weighted by atomic mass is 10.1. The molecule has 2 heteroatoms. The Morgan fingerprint density at radius 1 is 1.33 bits per heavy atom. The lowest BCUT2D eigenvalue weighted by molar-refractivity contribution is 0.553. The fourth-order valence-electron chi connectivity index (χ4n) is 1.52. The van der Waals surface area contributed by atoms with E-state index in [2.05, 4.69) is 19.2 Å². The quantitative estimate of drug-likeness (QED) is 0.735. The lowest BCUT2D eigenvalue weighted by Crippen LogP contribution is -2.22. The summed E-state index contributed by atoms with van der Waals surface area (Å²) in [7, 11) is 0. The van der Waals surface area contributed by atoms with Crippen LogP contribution in [0.4, 0.5) is 4.39 Å². The monoisotopic (exact) mass is 209 g/mol. The van der Waals surface area contributed by atoms with Gasteiger partial charge >= 0.3 is 0 Å². The molecule has 0 fully saturated rings. The van der Waals surface area contributed by atoms with Gasteiger partial charge in [0.2, 0.25) is 0 Å². The van der Waals surface area contributed by atoms with Crippen LogP contribution in [0, 0.1) is 18.7 Å². The van der Waals surface area contributed by atoms with Crippen molar-refractivity contribution in [2.24, 2.45) is 5.92 Å². The maximum Gasteiger partial charge on any atom is 0.123 e. The standard InChI is InChI=1S/C13H20FN/c1-10(2)9-15-7-6-12-8-13(14)5-4-11(12)3/h4-5,8,10,15H,6-7,9H2,1-3H3. The fourth-order valence-corrected chi connectivity index (χ4v) is 1.52. The Labute approximate surface area is 91.7 Å². The minimum absolute atomic E-state index is 0.139. The van der Waals surface area contributed by atoms with Crippen molar-refractivity contribution in [2.45, 2.75) is 27.2 Å². The van der Waals surface area contributed by atoms with Crippen molar-refractivity contribution < 1.29 is 4.39 Å².